The summed E-state index contributed by atoms with van der Waals surface area (Å²) in [6, 6.07) is -1.30. The third kappa shape index (κ3) is 6.21. The van der Waals surface area contributed by atoms with Crippen LogP contribution in [-0.4, -0.2) is 79.0 Å². The Morgan fingerprint density at radius 2 is 1.67 bits per heavy atom. The summed E-state index contributed by atoms with van der Waals surface area (Å²) in [7, 11) is 0. The van der Waals surface area contributed by atoms with Crippen LogP contribution in [-0.2, 0) is 14.3 Å². The lowest BCUT2D eigenvalue weighted by Crippen LogP contribution is -2.56. The lowest BCUT2D eigenvalue weighted by Gasteiger charge is -2.35. The van der Waals surface area contributed by atoms with E-state index >= 15 is 0 Å². The summed E-state index contributed by atoms with van der Waals surface area (Å²) >= 11 is 0. The molecule has 0 bridgehead atoms. The summed E-state index contributed by atoms with van der Waals surface area (Å²) in [5, 5.41) is 2.24. The van der Waals surface area contributed by atoms with Crippen molar-refractivity contribution < 1.29 is 28.2 Å². The van der Waals surface area contributed by atoms with Crippen LogP contribution in [0.5, 0.6) is 0 Å². The molecule has 9 heteroatoms. The normalized spacial score (nSPS) is 16.4. The molecule has 0 saturated carbocycles. The molecule has 0 aromatic heterocycles. The number of halogens is 1. The molecule has 138 valence electrons. The molecule has 0 aromatic carbocycles. The molecule has 1 rings (SSSR count). The predicted octanol–water partition coefficient (Wildman–Crippen LogP) is 1.15. The number of hydrogen-bond donors (Lipinski definition) is 1. The highest BCUT2D eigenvalue weighted by Crippen LogP contribution is 2.09. The number of amides is 3. The maximum absolute atomic E-state index is 13.2. The molecule has 1 aliphatic rings. The number of alkyl carbamates (subject to hydrolysis) is 1. The molecule has 0 spiro atoms. The van der Waals surface area contributed by atoms with Crippen LogP contribution in [0.25, 0.3) is 0 Å². The maximum Gasteiger partial charge on any atom is 0.409 e. The van der Waals surface area contributed by atoms with E-state index in [0.29, 0.717) is 13.1 Å². The summed E-state index contributed by atoms with van der Waals surface area (Å²) < 4.78 is 23.1. The zero-order chi connectivity index (χ0) is 18.3. The van der Waals surface area contributed by atoms with Crippen molar-refractivity contribution in [3.8, 4) is 0 Å². The first-order valence-corrected chi connectivity index (χ1v) is 7.94. The van der Waals surface area contributed by atoms with Gasteiger partial charge in [-0.3, -0.25) is 4.79 Å². The number of hydrogen-bond acceptors (Lipinski definition) is 5. The first-order valence-electron chi connectivity index (χ1n) is 7.94. The number of carbonyl (C=O) groups is 3. The molecule has 1 heterocycles. The van der Waals surface area contributed by atoms with Gasteiger partial charge in [-0.05, 0) is 27.7 Å². The topological polar surface area (TPSA) is 88.2 Å². The van der Waals surface area contributed by atoms with Gasteiger partial charge in [0.05, 0.1) is 6.61 Å². The summed E-state index contributed by atoms with van der Waals surface area (Å²) in [5.41, 5.74) is -0.737. The minimum absolute atomic E-state index is 0.254. The molecule has 1 N–H and O–H groups in total. The van der Waals surface area contributed by atoms with Crippen molar-refractivity contribution in [1.29, 1.82) is 0 Å². The second-order valence-electron chi connectivity index (χ2n) is 6.36. The van der Waals surface area contributed by atoms with E-state index in [1.165, 1.54) is 9.80 Å². The highest BCUT2D eigenvalue weighted by Gasteiger charge is 2.31. The SMILES string of the molecule is CCOC(=O)N1CCN(C(=O)C(CF)NC(=O)OC(C)(C)C)CC1. The van der Waals surface area contributed by atoms with Crippen molar-refractivity contribution in [2.24, 2.45) is 0 Å². The molecule has 0 radical (unpaired) electrons. The average molecular weight is 347 g/mol. The molecule has 0 aliphatic carbocycles. The van der Waals surface area contributed by atoms with E-state index in [1.807, 2.05) is 0 Å². The zero-order valence-corrected chi connectivity index (χ0v) is 14.6. The molecule has 1 unspecified atom stereocenters. The summed E-state index contributed by atoms with van der Waals surface area (Å²) in [4.78, 5) is 38.5. The third-order valence-corrected chi connectivity index (χ3v) is 3.26. The van der Waals surface area contributed by atoms with Gasteiger partial charge in [0, 0.05) is 26.2 Å². The number of rotatable bonds is 4. The summed E-state index contributed by atoms with van der Waals surface area (Å²) in [6.07, 6.45) is -1.28. The van der Waals surface area contributed by atoms with Crippen molar-refractivity contribution in [3.05, 3.63) is 0 Å². The van der Waals surface area contributed by atoms with Crippen LogP contribution in [0.1, 0.15) is 27.7 Å². The number of piperazine rings is 1. The van der Waals surface area contributed by atoms with Crippen molar-refractivity contribution in [2.75, 3.05) is 39.5 Å². The third-order valence-electron chi connectivity index (χ3n) is 3.26. The molecule has 1 atom stereocenters. The van der Waals surface area contributed by atoms with Gasteiger partial charge >= 0.3 is 12.2 Å². The molecular weight excluding hydrogens is 321 g/mol. The molecule has 8 nitrogen and oxygen atoms in total. The van der Waals surface area contributed by atoms with Gasteiger partial charge in [-0.25, -0.2) is 14.0 Å². The fourth-order valence-corrected chi connectivity index (χ4v) is 2.16. The monoisotopic (exact) mass is 347 g/mol. The number of ether oxygens (including phenoxy) is 2. The highest BCUT2D eigenvalue weighted by molar-refractivity contribution is 5.86. The minimum atomic E-state index is -1.30. The van der Waals surface area contributed by atoms with Gasteiger partial charge < -0.3 is 24.6 Å². The Balaban J connectivity index is 2.53. The van der Waals surface area contributed by atoms with E-state index in [2.05, 4.69) is 5.32 Å². The Labute approximate surface area is 141 Å². The van der Waals surface area contributed by atoms with E-state index in [-0.39, 0.29) is 19.7 Å². The van der Waals surface area contributed by atoms with Gasteiger partial charge in [-0.2, -0.15) is 0 Å². The standard InChI is InChI=1S/C15H26FN3O5/c1-5-23-14(22)19-8-6-18(7-9-19)12(20)11(10-16)17-13(21)24-15(2,3)4/h11H,5-10H2,1-4H3,(H,17,21). The quantitative estimate of drug-likeness (QED) is 0.824. The molecule has 0 aromatic rings. The van der Waals surface area contributed by atoms with Crippen molar-refractivity contribution in [1.82, 2.24) is 15.1 Å². The first-order chi connectivity index (χ1) is 11.2. The van der Waals surface area contributed by atoms with Crippen molar-refractivity contribution in [2.45, 2.75) is 39.3 Å². The van der Waals surface area contributed by atoms with Gasteiger partial charge in [0.25, 0.3) is 0 Å². The maximum atomic E-state index is 13.2. The van der Waals surface area contributed by atoms with Crippen LogP contribution in [0.3, 0.4) is 0 Å². The van der Waals surface area contributed by atoms with Gasteiger partial charge in [-0.15, -0.1) is 0 Å². The molecule has 1 aliphatic heterocycles. The van der Waals surface area contributed by atoms with Crippen molar-refractivity contribution in [3.63, 3.8) is 0 Å². The van der Waals surface area contributed by atoms with E-state index in [0.717, 1.165) is 0 Å². The Hall–Kier alpha value is -2.06. The fraction of sp³-hybridized carbons (Fsp3) is 0.800. The van der Waals surface area contributed by atoms with Gasteiger partial charge in [0.15, 0.2) is 0 Å². The van der Waals surface area contributed by atoms with E-state index < -0.39 is 36.4 Å². The summed E-state index contributed by atoms with van der Waals surface area (Å²) in [6.45, 7) is 7.10. The van der Waals surface area contributed by atoms with Crippen LogP contribution in [0, 0.1) is 0 Å². The largest absolute Gasteiger partial charge is 0.450 e. The second kappa shape index (κ2) is 8.70. The van der Waals surface area contributed by atoms with Crippen LogP contribution in [0.4, 0.5) is 14.0 Å². The molecular formula is C15H26FN3O5. The second-order valence-corrected chi connectivity index (χ2v) is 6.36. The van der Waals surface area contributed by atoms with Gasteiger partial charge in [-0.1, -0.05) is 0 Å². The number of nitrogens with zero attached hydrogens (tertiary/aromatic N) is 2. The van der Waals surface area contributed by atoms with Crippen LogP contribution in [0.15, 0.2) is 0 Å². The highest BCUT2D eigenvalue weighted by atomic mass is 19.1. The van der Waals surface area contributed by atoms with Gasteiger partial charge in [0.1, 0.15) is 18.3 Å². The lowest BCUT2D eigenvalue weighted by atomic mass is 10.2. The van der Waals surface area contributed by atoms with Crippen LogP contribution in [0.2, 0.25) is 0 Å². The smallest absolute Gasteiger partial charge is 0.409 e. The van der Waals surface area contributed by atoms with Crippen LogP contribution >= 0.6 is 0 Å². The van der Waals surface area contributed by atoms with E-state index in [1.54, 1.807) is 27.7 Å². The van der Waals surface area contributed by atoms with E-state index in [9.17, 15) is 18.8 Å². The Kier molecular flexibility index (Phi) is 7.24. The Morgan fingerprint density at radius 3 is 2.12 bits per heavy atom. The summed E-state index contributed by atoms with van der Waals surface area (Å²) in [5.74, 6) is -0.535. The lowest BCUT2D eigenvalue weighted by molar-refractivity contribution is -0.135. The molecule has 1 saturated heterocycles. The zero-order valence-electron chi connectivity index (χ0n) is 14.6. The molecule has 1 fully saturated rings. The first kappa shape index (κ1) is 20.0. The van der Waals surface area contributed by atoms with Crippen molar-refractivity contribution >= 4 is 18.1 Å². The minimum Gasteiger partial charge on any atom is -0.450 e. The Morgan fingerprint density at radius 1 is 1.12 bits per heavy atom. The van der Waals surface area contributed by atoms with Crippen LogP contribution < -0.4 is 5.32 Å². The Bertz CT molecular complexity index is 459. The number of alkyl halides is 1. The average Bonchev–Trinajstić information content (AvgIpc) is 2.50. The number of carbonyl (C=O) groups excluding carboxylic acids is 3. The van der Waals surface area contributed by atoms with Gasteiger partial charge in [0.2, 0.25) is 5.91 Å². The predicted molar refractivity (Wildman–Crippen MR) is 84.3 cm³/mol. The van der Waals surface area contributed by atoms with E-state index in [4.69, 9.17) is 9.47 Å². The fourth-order valence-electron chi connectivity index (χ4n) is 2.16. The molecule has 3 amide bonds. The number of nitrogens with one attached hydrogen (secondary N) is 1. The molecule has 24 heavy (non-hydrogen) atoms.